The van der Waals surface area contributed by atoms with Crippen molar-refractivity contribution >= 4 is 12.8 Å². The Balaban J connectivity index is 1.94. The SMILES string of the molecule is OB(OC(c1ccccc1)(c1ccccc1)c1ccccc1)c1nn[nH]n1. The standard InChI is InChI=1S/C20H17BN4O2/c26-21(19-22-24-25-23-19)27-20(16-10-4-1-5-11-16,17-12-6-2-7-13-17)18-14-8-3-9-15-18/h1-15,26H,(H,22,23,24,25). The molecule has 0 unspecified atom stereocenters. The van der Waals surface area contributed by atoms with Crippen molar-refractivity contribution in [2.24, 2.45) is 0 Å². The summed E-state index contributed by atoms with van der Waals surface area (Å²) < 4.78 is 6.31. The van der Waals surface area contributed by atoms with Crippen LogP contribution in [0.25, 0.3) is 0 Å². The molecule has 0 atom stereocenters. The molecule has 0 fully saturated rings. The molecule has 0 bridgehead atoms. The molecule has 0 spiro atoms. The van der Waals surface area contributed by atoms with Gasteiger partial charge in [0.25, 0.3) is 0 Å². The van der Waals surface area contributed by atoms with E-state index >= 15 is 0 Å². The first-order valence-corrected chi connectivity index (χ1v) is 8.56. The van der Waals surface area contributed by atoms with E-state index in [4.69, 9.17) is 4.65 Å². The zero-order valence-corrected chi connectivity index (χ0v) is 14.4. The van der Waals surface area contributed by atoms with E-state index in [1.165, 1.54) is 0 Å². The molecule has 1 heterocycles. The zero-order chi connectivity index (χ0) is 18.5. The molecule has 3 aromatic carbocycles. The van der Waals surface area contributed by atoms with Crippen LogP contribution in [-0.4, -0.2) is 32.8 Å². The van der Waals surface area contributed by atoms with Crippen molar-refractivity contribution in [1.29, 1.82) is 0 Å². The van der Waals surface area contributed by atoms with Crippen LogP contribution in [0.5, 0.6) is 0 Å². The minimum atomic E-state index is -1.37. The van der Waals surface area contributed by atoms with Crippen molar-refractivity contribution in [3.8, 4) is 0 Å². The van der Waals surface area contributed by atoms with Crippen molar-refractivity contribution in [1.82, 2.24) is 20.6 Å². The second-order valence-electron chi connectivity index (χ2n) is 6.02. The van der Waals surface area contributed by atoms with E-state index < -0.39 is 12.7 Å². The predicted octanol–water partition coefficient (Wildman–Crippen LogP) is 1.90. The van der Waals surface area contributed by atoms with Gasteiger partial charge in [-0.2, -0.15) is 5.21 Å². The topological polar surface area (TPSA) is 83.9 Å². The Hall–Kier alpha value is -3.29. The van der Waals surface area contributed by atoms with Crippen LogP contribution in [0, 0.1) is 0 Å². The van der Waals surface area contributed by atoms with E-state index in [1.807, 2.05) is 91.0 Å². The van der Waals surface area contributed by atoms with Gasteiger partial charge < -0.3 is 9.68 Å². The molecular weight excluding hydrogens is 339 g/mol. The third-order valence-corrected chi connectivity index (χ3v) is 4.41. The highest BCUT2D eigenvalue weighted by molar-refractivity contribution is 6.58. The van der Waals surface area contributed by atoms with Gasteiger partial charge in [-0.3, -0.25) is 0 Å². The number of rotatable bonds is 6. The zero-order valence-electron chi connectivity index (χ0n) is 14.4. The summed E-state index contributed by atoms with van der Waals surface area (Å²) in [4.78, 5) is 0. The third-order valence-electron chi connectivity index (χ3n) is 4.41. The number of H-pyrrole nitrogens is 1. The molecule has 7 heteroatoms. The minimum Gasteiger partial charge on any atom is -0.421 e. The normalized spacial score (nSPS) is 11.3. The summed E-state index contributed by atoms with van der Waals surface area (Å²) in [5.74, 6) is 0. The van der Waals surface area contributed by atoms with Gasteiger partial charge in [0.1, 0.15) is 5.60 Å². The van der Waals surface area contributed by atoms with Crippen LogP contribution in [0.3, 0.4) is 0 Å². The number of aromatic amines is 1. The molecule has 6 nitrogen and oxygen atoms in total. The van der Waals surface area contributed by atoms with Gasteiger partial charge in [-0.05, 0) is 16.7 Å². The summed E-state index contributed by atoms with van der Waals surface area (Å²) in [6.07, 6.45) is 0. The number of nitrogens with zero attached hydrogens (tertiary/aromatic N) is 3. The smallest absolute Gasteiger partial charge is 0.421 e. The van der Waals surface area contributed by atoms with Crippen LogP contribution in [-0.2, 0) is 10.3 Å². The molecular formula is C20H17BN4O2. The molecule has 0 saturated heterocycles. The molecule has 0 amide bonds. The van der Waals surface area contributed by atoms with Gasteiger partial charge in [0.2, 0.25) is 5.72 Å². The molecule has 0 radical (unpaired) electrons. The first-order chi connectivity index (χ1) is 13.3. The first kappa shape index (κ1) is 17.1. The van der Waals surface area contributed by atoms with Crippen LogP contribution in [0.15, 0.2) is 91.0 Å². The third kappa shape index (κ3) is 3.26. The largest absolute Gasteiger partial charge is 0.536 e. The fourth-order valence-corrected chi connectivity index (χ4v) is 3.22. The van der Waals surface area contributed by atoms with E-state index in [0.29, 0.717) is 0 Å². The first-order valence-electron chi connectivity index (χ1n) is 8.56. The molecule has 0 saturated carbocycles. The number of tetrazole rings is 1. The van der Waals surface area contributed by atoms with E-state index in [0.717, 1.165) is 16.7 Å². The summed E-state index contributed by atoms with van der Waals surface area (Å²) >= 11 is 0. The van der Waals surface area contributed by atoms with Crippen molar-refractivity contribution < 1.29 is 9.68 Å². The predicted molar refractivity (Wildman–Crippen MR) is 102 cm³/mol. The maximum atomic E-state index is 10.7. The Labute approximate surface area is 157 Å². The Morgan fingerprint density at radius 2 is 1.19 bits per heavy atom. The summed E-state index contributed by atoms with van der Waals surface area (Å²) in [6.45, 7) is 0. The molecule has 0 aliphatic rings. The summed E-state index contributed by atoms with van der Waals surface area (Å²) in [6, 6.07) is 29.4. The van der Waals surface area contributed by atoms with Crippen LogP contribution < -0.4 is 5.72 Å². The Bertz CT molecular complexity index is 870. The highest BCUT2D eigenvalue weighted by Crippen LogP contribution is 2.40. The Morgan fingerprint density at radius 3 is 1.56 bits per heavy atom. The maximum absolute atomic E-state index is 10.7. The van der Waals surface area contributed by atoms with Gasteiger partial charge >= 0.3 is 7.12 Å². The molecule has 1 aromatic heterocycles. The van der Waals surface area contributed by atoms with Crippen LogP contribution in [0.4, 0.5) is 0 Å². The van der Waals surface area contributed by atoms with Crippen molar-refractivity contribution in [3.63, 3.8) is 0 Å². The number of nitrogens with one attached hydrogen (secondary N) is 1. The monoisotopic (exact) mass is 356 g/mol. The number of hydrogen-bond acceptors (Lipinski definition) is 5. The molecule has 4 rings (SSSR count). The van der Waals surface area contributed by atoms with E-state index in [-0.39, 0.29) is 5.72 Å². The lowest BCUT2D eigenvalue weighted by Crippen LogP contribution is -2.46. The molecule has 132 valence electrons. The van der Waals surface area contributed by atoms with Gasteiger partial charge in [-0.15, -0.1) is 10.2 Å². The van der Waals surface area contributed by atoms with E-state index in [1.54, 1.807) is 0 Å². The fourth-order valence-electron chi connectivity index (χ4n) is 3.22. The lowest BCUT2D eigenvalue weighted by atomic mass is 9.76. The van der Waals surface area contributed by atoms with Gasteiger partial charge in [0.05, 0.1) is 0 Å². The van der Waals surface area contributed by atoms with Gasteiger partial charge in [0.15, 0.2) is 0 Å². The molecule has 2 N–H and O–H groups in total. The highest BCUT2D eigenvalue weighted by atomic mass is 16.5. The number of hydrogen-bond donors (Lipinski definition) is 2. The maximum Gasteiger partial charge on any atom is 0.536 e. The van der Waals surface area contributed by atoms with Gasteiger partial charge in [-0.1, -0.05) is 96.2 Å². The Kier molecular flexibility index (Phi) is 4.78. The van der Waals surface area contributed by atoms with Crippen LogP contribution in [0.1, 0.15) is 16.7 Å². The molecule has 27 heavy (non-hydrogen) atoms. The molecule has 0 aliphatic heterocycles. The number of aromatic nitrogens is 4. The van der Waals surface area contributed by atoms with Crippen molar-refractivity contribution in [3.05, 3.63) is 108 Å². The van der Waals surface area contributed by atoms with Gasteiger partial charge in [-0.25, -0.2) is 0 Å². The summed E-state index contributed by atoms with van der Waals surface area (Å²) in [7, 11) is -1.37. The quantitative estimate of drug-likeness (QED) is 0.407. The average molecular weight is 356 g/mol. The second kappa shape index (κ2) is 7.53. The molecule has 0 aliphatic carbocycles. The van der Waals surface area contributed by atoms with Gasteiger partial charge in [0, 0.05) is 0 Å². The lowest BCUT2D eigenvalue weighted by molar-refractivity contribution is 0.128. The summed E-state index contributed by atoms with van der Waals surface area (Å²) in [5, 5.41) is 24.3. The van der Waals surface area contributed by atoms with E-state index in [2.05, 4.69) is 20.6 Å². The minimum absolute atomic E-state index is 0.0715. The number of benzene rings is 3. The highest BCUT2D eigenvalue weighted by Gasteiger charge is 2.42. The second-order valence-corrected chi connectivity index (χ2v) is 6.02. The van der Waals surface area contributed by atoms with Crippen LogP contribution >= 0.6 is 0 Å². The van der Waals surface area contributed by atoms with Crippen LogP contribution in [0.2, 0.25) is 0 Å². The molecule has 4 aromatic rings. The Morgan fingerprint density at radius 1 is 0.741 bits per heavy atom. The summed E-state index contributed by atoms with van der Waals surface area (Å²) in [5.41, 5.74) is 1.66. The average Bonchev–Trinajstić information content (AvgIpc) is 3.29. The van der Waals surface area contributed by atoms with Crippen molar-refractivity contribution in [2.75, 3.05) is 0 Å². The fraction of sp³-hybridized carbons (Fsp3) is 0.0500. The van der Waals surface area contributed by atoms with Crippen molar-refractivity contribution in [2.45, 2.75) is 5.60 Å². The lowest BCUT2D eigenvalue weighted by Gasteiger charge is -2.36. The van der Waals surface area contributed by atoms with E-state index in [9.17, 15) is 5.02 Å².